The lowest BCUT2D eigenvalue weighted by molar-refractivity contribution is 0.707. The van der Waals surface area contributed by atoms with E-state index in [2.05, 4.69) is 15.7 Å². The normalized spacial score (nSPS) is 11.1. The molecule has 0 aliphatic carbocycles. The van der Waals surface area contributed by atoms with Crippen LogP contribution < -0.4 is 5.73 Å². The average molecular weight is 286 g/mol. The third-order valence-electron chi connectivity index (χ3n) is 3.48. The first-order chi connectivity index (χ1) is 9.78. The smallest absolute Gasteiger partial charge is 0.0498 e. The number of benzene rings is 1. The highest BCUT2D eigenvalue weighted by Crippen LogP contribution is 2.24. The van der Waals surface area contributed by atoms with Gasteiger partial charge in [-0.1, -0.05) is 23.7 Å². The van der Waals surface area contributed by atoms with E-state index in [-0.39, 0.29) is 0 Å². The molecule has 3 aromatic rings. The van der Waals surface area contributed by atoms with Gasteiger partial charge in [0.15, 0.2) is 0 Å². The van der Waals surface area contributed by atoms with Crippen LogP contribution in [0.1, 0.15) is 11.3 Å². The molecule has 0 fully saturated rings. The fraction of sp³-hybridized carbons (Fsp3) is 0.188. The van der Waals surface area contributed by atoms with Crippen LogP contribution in [0, 0.1) is 0 Å². The second kappa shape index (κ2) is 5.65. The SMILES string of the molecule is NCc1cn(CCc2ccccn2)c2cc(Cl)ccc12. The summed E-state index contributed by atoms with van der Waals surface area (Å²) in [6.45, 7) is 1.41. The summed E-state index contributed by atoms with van der Waals surface area (Å²) in [6, 6.07) is 11.9. The number of halogens is 1. The molecule has 0 saturated carbocycles. The fourth-order valence-electron chi connectivity index (χ4n) is 2.47. The van der Waals surface area contributed by atoms with Crippen LogP contribution in [-0.2, 0) is 19.5 Å². The first-order valence-electron chi connectivity index (χ1n) is 6.65. The lowest BCUT2D eigenvalue weighted by Gasteiger charge is -2.05. The monoisotopic (exact) mass is 285 g/mol. The molecular formula is C16H16ClN3. The van der Waals surface area contributed by atoms with Crippen LogP contribution in [-0.4, -0.2) is 9.55 Å². The van der Waals surface area contributed by atoms with Crippen molar-refractivity contribution in [1.82, 2.24) is 9.55 Å². The second-order valence-corrected chi connectivity index (χ2v) is 5.22. The number of rotatable bonds is 4. The van der Waals surface area contributed by atoms with E-state index in [0.29, 0.717) is 6.54 Å². The Morgan fingerprint density at radius 3 is 2.85 bits per heavy atom. The van der Waals surface area contributed by atoms with Crippen LogP contribution >= 0.6 is 11.6 Å². The molecule has 4 heteroatoms. The molecule has 0 aliphatic heterocycles. The number of nitrogens with zero attached hydrogens (tertiary/aromatic N) is 2. The van der Waals surface area contributed by atoms with Crippen molar-refractivity contribution in [1.29, 1.82) is 0 Å². The molecule has 0 saturated heterocycles. The topological polar surface area (TPSA) is 43.8 Å². The van der Waals surface area contributed by atoms with Gasteiger partial charge < -0.3 is 10.3 Å². The molecule has 3 rings (SSSR count). The Balaban J connectivity index is 1.93. The van der Waals surface area contributed by atoms with Gasteiger partial charge >= 0.3 is 0 Å². The van der Waals surface area contributed by atoms with E-state index in [1.807, 2.05) is 42.6 Å². The molecule has 0 unspecified atom stereocenters. The Morgan fingerprint density at radius 2 is 2.10 bits per heavy atom. The molecule has 20 heavy (non-hydrogen) atoms. The minimum absolute atomic E-state index is 0.536. The molecule has 2 heterocycles. The van der Waals surface area contributed by atoms with Crippen molar-refractivity contribution in [2.45, 2.75) is 19.5 Å². The van der Waals surface area contributed by atoms with Crippen molar-refractivity contribution in [3.63, 3.8) is 0 Å². The standard InChI is InChI=1S/C16H16ClN3/c17-13-4-5-15-12(10-18)11-20(16(15)9-13)8-6-14-3-1-2-7-19-14/h1-5,7,9,11H,6,8,10,18H2. The van der Waals surface area contributed by atoms with Gasteiger partial charge in [-0.15, -0.1) is 0 Å². The molecule has 2 N–H and O–H groups in total. The first-order valence-corrected chi connectivity index (χ1v) is 7.03. The van der Waals surface area contributed by atoms with Gasteiger partial charge in [0.25, 0.3) is 0 Å². The molecule has 0 amide bonds. The lowest BCUT2D eigenvalue weighted by atomic mass is 10.2. The fourth-order valence-corrected chi connectivity index (χ4v) is 2.64. The highest BCUT2D eigenvalue weighted by Gasteiger charge is 2.08. The van der Waals surface area contributed by atoms with Gasteiger partial charge in [-0.25, -0.2) is 0 Å². The van der Waals surface area contributed by atoms with Crippen LogP contribution in [0.5, 0.6) is 0 Å². The van der Waals surface area contributed by atoms with Crippen LogP contribution in [0.4, 0.5) is 0 Å². The summed E-state index contributed by atoms with van der Waals surface area (Å²) in [6.07, 6.45) is 4.83. The Hall–Kier alpha value is -1.84. The highest BCUT2D eigenvalue weighted by molar-refractivity contribution is 6.31. The zero-order chi connectivity index (χ0) is 13.9. The molecule has 3 nitrogen and oxygen atoms in total. The largest absolute Gasteiger partial charge is 0.347 e. The van der Waals surface area contributed by atoms with Gasteiger partial charge in [-0.2, -0.15) is 0 Å². The van der Waals surface area contributed by atoms with Crippen LogP contribution in [0.3, 0.4) is 0 Å². The van der Waals surface area contributed by atoms with E-state index >= 15 is 0 Å². The summed E-state index contributed by atoms with van der Waals surface area (Å²) < 4.78 is 2.21. The summed E-state index contributed by atoms with van der Waals surface area (Å²) in [7, 11) is 0. The summed E-state index contributed by atoms with van der Waals surface area (Å²) in [5.41, 5.74) is 9.19. The summed E-state index contributed by atoms with van der Waals surface area (Å²) in [4.78, 5) is 4.35. The number of aryl methyl sites for hydroxylation is 2. The van der Waals surface area contributed by atoms with Crippen molar-refractivity contribution < 1.29 is 0 Å². The maximum atomic E-state index is 6.10. The average Bonchev–Trinajstić information content (AvgIpc) is 2.83. The number of aromatic nitrogens is 2. The molecule has 1 aromatic carbocycles. The third kappa shape index (κ3) is 2.55. The van der Waals surface area contributed by atoms with Gasteiger partial charge in [0.2, 0.25) is 0 Å². The number of hydrogen-bond donors (Lipinski definition) is 1. The Kier molecular flexibility index (Phi) is 3.72. The molecule has 0 radical (unpaired) electrons. The molecule has 2 aromatic heterocycles. The zero-order valence-corrected chi connectivity index (χ0v) is 11.8. The van der Waals surface area contributed by atoms with Crippen molar-refractivity contribution in [2.24, 2.45) is 5.73 Å². The van der Waals surface area contributed by atoms with Crippen molar-refractivity contribution >= 4 is 22.5 Å². The maximum absolute atomic E-state index is 6.10. The number of nitrogens with two attached hydrogens (primary N) is 1. The minimum Gasteiger partial charge on any atom is -0.347 e. The van der Waals surface area contributed by atoms with Gasteiger partial charge in [-0.05, 0) is 29.8 Å². The molecule has 102 valence electrons. The summed E-state index contributed by atoms with van der Waals surface area (Å²) >= 11 is 6.10. The molecule has 0 spiro atoms. The predicted molar refractivity (Wildman–Crippen MR) is 82.8 cm³/mol. The van der Waals surface area contributed by atoms with E-state index < -0.39 is 0 Å². The van der Waals surface area contributed by atoms with Crippen LogP contribution in [0.25, 0.3) is 10.9 Å². The van der Waals surface area contributed by atoms with Crippen LogP contribution in [0.15, 0.2) is 48.8 Å². The van der Waals surface area contributed by atoms with E-state index in [4.69, 9.17) is 17.3 Å². The Bertz CT molecular complexity index is 719. The van der Waals surface area contributed by atoms with E-state index in [1.54, 1.807) is 0 Å². The van der Waals surface area contributed by atoms with E-state index in [9.17, 15) is 0 Å². The van der Waals surface area contributed by atoms with Crippen molar-refractivity contribution in [3.05, 3.63) is 65.1 Å². The summed E-state index contributed by atoms with van der Waals surface area (Å²) in [5, 5.41) is 1.93. The Labute approximate surface area is 123 Å². The second-order valence-electron chi connectivity index (χ2n) is 4.78. The quantitative estimate of drug-likeness (QED) is 0.798. The predicted octanol–water partition coefficient (Wildman–Crippen LogP) is 3.39. The molecule has 0 aliphatic rings. The molecule has 0 bridgehead atoms. The molecule has 0 atom stereocenters. The maximum Gasteiger partial charge on any atom is 0.0498 e. The lowest BCUT2D eigenvalue weighted by Crippen LogP contribution is -2.01. The first kappa shape index (κ1) is 13.2. The highest BCUT2D eigenvalue weighted by atomic mass is 35.5. The van der Waals surface area contributed by atoms with Gasteiger partial charge in [0, 0.05) is 53.5 Å². The zero-order valence-electron chi connectivity index (χ0n) is 11.1. The van der Waals surface area contributed by atoms with Crippen LogP contribution in [0.2, 0.25) is 5.02 Å². The number of fused-ring (bicyclic) bond motifs is 1. The summed E-state index contributed by atoms with van der Waals surface area (Å²) in [5.74, 6) is 0. The minimum atomic E-state index is 0.536. The van der Waals surface area contributed by atoms with Gasteiger partial charge in [0.1, 0.15) is 0 Å². The Morgan fingerprint density at radius 1 is 1.20 bits per heavy atom. The van der Waals surface area contributed by atoms with E-state index in [1.165, 1.54) is 5.39 Å². The van der Waals surface area contributed by atoms with E-state index in [0.717, 1.165) is 34.8 Å². The number of hydrogen-bond acceptors (Lipinski definition) is 2. The van der Waals surface area contributed by atoms with Crippen molar-refractivity contribution in [2.75, 3.05) is 0 Å². The number of pyridine rings is 1. The third-order valence-corrected chi connectivity index (χ3v) is 3.72. The van der Waals surface area contributed by atoms with Gasteiger partial charge in [-0.3, -0.25) is 4.98 Å². The van der Waals surface area contributed by atoms with Gasteiger partial charge in [0.05, 0.1) is 0 Å². The molecular weight excluding hydrogens is 270 g/mol. The van der Waals surface area contributed by atoms with Crippen molar-refractivity contribution in [3.8, 4) is 0 Å².